The van der Waals surface area contributed by atoms with Crippen LogP contribution in [0.4, 0.5) is 0 Å². The first-order valence-corrected chi connectivity index (χ1v) is 20.6. The normalized spacial score (nSPS) is 14.3. The molecule has 0 rings (SSSR count). The lowest BCUT2D eigenvalue weighted by molar-refractivity contribution is -0.870. The van der Waals surface area contributed by atoms with Gasteiger partial charge < -0.3 is 18.4 Å². The van der Waals surface area contributed by atoms with E-state index in [2.05, 4.69) is 13.8 Å². The smallest absolute Gasteiger partial charge is 0.268 e. The average molecular weight is 632 g/mol. The molecule has 0 aliphatic rings. The Bertz CT molecular complexity index is 610. The van der Waals surface area contributed by atoms with Crippen LogP contribution in [0.3, 0.4) is 0 Å². The molecule has 0 radical (unpaired) electrons. The molecule has 0 spiro atoms. The summed E-state index contributed by atoms with van der Waals surface area (Å²) in [5.41, 5.74) is 0. The molecule has 2 unspecified atom stereocenters. The average Bonchev–Trinajstić information content (AvgIpc) is 2.95. The molecule has 0 aromatic heterocycles. The SMILES string of the molecule is CCCCCCCCCCCCCCCCC(CCCCCCCCCCCCCC)COP(=O)([O-])OCC[N+](C)(C)C. The van der Waals surface area contributed by atoms with Crippen LogP contribution in [0.5, 0.6) is 0 Å². The number of rotatable bonds is 35. The first-order chi connectivity index (χ1) is 20.7. The molecule has 0 amide bonds. The molecule has 0 aromatic carbocycles. The van der Waals surface area contributed by atoms with E-state index in [1.54, 1.807) is 0 Å². The van der Waals surface area contributed by atoms with Crippen LogP contribution in [-0.2, 0) is 13.6 Å². The Morgan fingerprint density at radius 1 is 0.512 bits per heavy atom. The molecule has 0 aliphatic heterocycles. The molecule has 0 fully saturated rings. The van der Waals surface area contributed by atoms with Crippen LogP contribution in [-0.4, -0.2) is 45.4 Å². The number of quaternary nitrogens is 1. The van der Waals surface area contributed by atoms with Gasteiger partial charge in [0.2, 0.25) is 0 Å². The summed E-state index contributed by atoms with van der Waals surface area (Å²) in [7, 11) is 1.85. The van der Waals surface area contributed by atoms with Crippen molar-refractivity contribution in [2.75, 3.05) is 40.9 Å². The highest BCUT2D eigenvalue weighted by Gasteiger charge is 2.17. The van der Waals surface area contributed by atoms with Gasteiger partial charge in [0.15, 0.2) is 0 Å². The van der Waals surface area contributed by atoms with Gasteiger partial charge >= 0.3 is 0 Å². The molecule has 5 nitrogen and oxygen atoms in total. The summed E-state index contributed by atoms with van der Waals surface area (Å²) in [6.45, 7) is 5.65. The van der Waals surface area contributed by atoms with Crippen molar-refractivity contribution in [2.45, 2.75) is 194 Å². The molecule has 0 aliphatic carbocycles. The van der Waals surface area contributed by atoms with Crippen LogP contribution in [0, 0.1) is 5.92 Å². The number of likely N-dealkylation sites (N-methyl/N-ethyl adjacent to an activating group) is 1. The number of unbranched alkanes of at least 4 members (excludes halogenated alkanes) is 24. The standard InChI is InChI=1S/C37H78NO4P/c1-6-8-10-12-14-16-18-20-21-23-25-27-29-31-33-37(36-42-43(39,40)41-35-34-38(3,4)5)32-30-28-26-24-22-19-17-15-13-11-9-7-2/h37H,6-36H2,1-5H3. The second-order valence-electron chi connectivity index (χ2n) is 14.5. The number of hydrogen-bond acceptors (Lipinski definition) is 4. The summed E-state index contributed by atoms with van der Waals surface area (Å²) in [6, 6.07) is 0. The highest BCUT2D eigenvalue weighted by Crippen LogP contribution is 2.39. The van der Waals surface area contributed by atoms with Gasteiger partial charge in [-0.15, -0.1) is 0 Å². The Labute approximate surface area is 270 Å². The van der Waals surface area contributed by atoms with E-state index in [0.717, 1.165) is 12.8 Å². The van der Waals surface area contributed by atoms with E-state index in [4.69, 9.17) is 9.05 Å². The van der Waals surface area contributed by atoms with Crippen molar-refractivity contribution in [1.29, 1.82) is 0 Å². The van der Waals surface area contributed by atoms with Crippen molar-refractivity contribution in [3.8, 4) is 0 Å². The molecular formula is C37H78NO4P. The minimum atomic E-state index is -4.24. The maximum absolute atomic E-state index is 12.4. The summed E-state index contributed by atoms with van der Waals surface area (Å²) in [6.07, 6.45) is 37.3. The Hall–Kier alpha value is 0.0700. The largest absolute Gasteiger partial charge is 0.756 e. The molecule has 0 bridgehead atoms. The quantitative estimate of drug-likeness (QED) is 0.0397. The molecule has 2 atom stereocenters. The molecule has 260 valence electrons. The lowest BCUT2D eigenvalue weighted by atomic mass is 9.94. The van der Waals surface area contributed by atoms with Gasteiger partial charge in [0.25, 0.3) is 7.82 Å². The van der Waals surface area contributed by atoms with E-state index < -0.39 is 7.82 Å². The fraction of sp³-hybridized carbons (Fsp3) is 1.00. The zero-order chi connectivity index (χ0) is 31.9. The van der Waals surface area contributed by atoms with Gasteiger partial charge in [-0.1, -0.05) is 181 Å². The van der Waals surface area contributed by atoms with Gasteiger partial charge in [0.1, 0.15) is 13.2 Å². The Kier molecular flexibility index (Phi) is 30.8. The van der Waals surface area contributed by atoms with Crippen LogP contribution in [0.2, 0.25) is 0 Å². The molecule has 0 N–H and O–H groups in total. The van der Waals surface area contributed by atoms with Gasteiger partial charge in [-0.3, -0.25) is 4.57 Å². The third kappa shape index (κ3) is 34.8. The number of phosphoric acid groups is 1. The summed E-state index contributed by atoms with van der Waals surface area (Å²) in [4.78, 5) is 12.4. The van der Waals surface area contributed by atoms with Crippen LogP contribution < -0.4 is 4.89 Å². The lowest BCUT2D eigenvalue weighted by Crippen LogP contribution is -2.37. The second-order valence-corrected chi connectivity index (χ2v) is 15.9. The van der Waals surface area contributed by atoms with Crippen LogP contribution in [0.15, 0.2) is 0 Å². The van der Waals surface area contributed by atoms with Crippen molar-refractivity contribution < 1.29 is 23.0 Å². The summed E-state index contributed by atoms with van der Waals surface area (Å²) in [5, 5.41) is 0. The molecule has 43 heavy (non-hydrogen) atoms. The van der Waals surface area contributed by atoms with E-state index in [0.29, 0.717) is 16.9 Å². The fourth-order valence-electron chi connectivity index (χ4n) is 5.87. The number of phosphoric ester groups is 1. The van der Waals surface area contributed by atoms with Crippen LogP contribution >= 0.6 is 7.82 Å². The van der Waals surface area contributed by atoms with Crippen LogP contribution in [0.25, 0.3) is 0 Å². The first kappa shape index (κ1) is 43.1. The highest BCUT2D eigenvalue weighted by molar-refractivity contribution is 7.45. The van der Waals surface area contributed by atoms with Gasteiger partial charge in [-0.05, 0) is 18.8 Å². The highest BCUT2D eigenvalue weighted by atomic mass is 31.2. The van der Waals surface area contributed by atoms with Crippen molar-refractivity contribution >= 4 is 7.82 Å². The molecular weight excluding hydrogens is 553 g/mol. The van der Waals surface area contributed by atoms with Crippen molar-refractivity contribution in [3.05, 3.63) is 0 Å². The minimum Gasteiger partial charge on any atom is -0.756 e. The summed E-state index contributed by atoms with van der Waals surface area (Å²) < 4.78 is 23.6. The summed E-state index contributed by atoms with van der Waals surface area (Å²) in [5.74, 6) is 0.310. The van der Waals surface area contributed by atoms with Gasteiger partial charge in [-0.25, -0.2) is 0 Å². The fourth-order valence-corrected chi connectivity index (χ4v) is 6.65. The third-order valence-corrected chi connectivity index (χ3v) is 9.88. The first-order valence-electron chi connectivity index (χ1n) is 19.1. The second kappa shape index (κ2) is 30.7. The number of hydrogen-bond donors (Lipinski definition) is 0. The lowest BCUT2D eigenvalue weighted by Gasteiger charge is -2.28. The zero-order valence-corrected chi connectivity index (χ0v) is 30.9. The van der Waals surface area contributed by atoms with E-state index in [1.165, 1.54) is 167 Å². The Morgan fingerprint density at radius 2 is 0.814 bits per heavy atom. The molecule has 6 heteroatoms. The molecule has 0 saturated carbocycles. The molecule has 0 saturated heterocycles. The minimum absolute atomic E-state index is 0.173. The maximum Gasteiger partial charge on any atom is 0.268 e. The molecule has 0 heterocycles. The Balaban J connectivity index is 4.14. The Morgan fingerprint density at radius 3 is 1.12 bits per heavy atom. The van der Waals surface area contributed by atoms with Crippen LogP contribution in [0.1, 0.15) is 194 Å². The van der Waals surface area contributed by atoms with Crippen molar-refractivity contribution in [3.63, 3.8) is 0 Å². The van der Waals surface area contributed by atoms with E-state index in [1.807, 2.05) is 21.1 Å². The zero-order valence-electron chi connectivity index (χ0n) is 30.0. The predicted octanol–water partition coefficient (Wildman–Crippen LogP) is 11.8. The maximum atomic E-state index is 12.4. The van der Waals surface area contributed by atoms with E-state index in [-0.39, 0.29) is 13.2 Å². The monoisotopic (exact) mass is 632 g/mol. The summed E-state index contributed by atoms with van der Waals surface area (Å²) >= 11 is 0. The number of nitrogens with zero attached hydrogens (tertiary/aromatic N) is 1. The predicted molar refractivity (Wildman–Crippen MR) is 187 cm³/mol. The van der Waals surface area contributed by atoms with E-state index in [9.17, 15) is 9.46 Å². The third-order valence-electron chi connectivity index (χ3n) is 8.91. The van der Waals surface area contributed by atoms with E-state index >= 15 is 0 Å². The molecule has 0 aromatic rings. The topological polar surface area (TPSA) is 58.6 Å². The van der Waals surface area contributed by atoms with Gasteiger partial charge in [0.05, 0.1) is 27.7 Å². The van der Waals surface area contributed by atoms with Crippen molar-refractivity contribution in [2.24, 2.45) is 5.92 Å². The van der Waals surface area contributed by atoms with Gasteiger partial charge in [0, 0.05) is 0 Å². The van der Waals surface area contributed by atoms with Gasteiger partial charge in [-0.2, -0.15) is 0 Å². The van der Waals surface area contributed by atoms with Crippen molar-refractivity contribution in [1.82, 2.24) is 0 Å².